The van der Waals surface area contributed by atoms with Gasteiger partial charge < -0.3 is 14.7 Å². The lowest BCUT2D eigenvalue weighted by Crippen LogP contribution is -2.60. The minimum absolute atomic E-state index is 0.380. The second kappa shape index (κ2) is 11.1. The molecule has 3 fully saturated rings. The number of hydrogen-bond donors (Lipinski definition) is 0. The number of para-hydroxylation sites is 1. The lowest BCUT2D eigenvalue weighted by molar-refractivity contribution is -0.0275. The molecule has 6 unspecified atom stereocenters. The van der Waals surface area contributed by atoms with E-state index in [2.05, 4.69) is 125 Å². The molecule has 0 radical (unpaired) electrons. The highest BCUT2D eigenvalue weighted by atomic mass is 32.2. The summed E-state index contributed by atoms with van der Waals surface area (Å²) in [6, 6.07) is 19.1. The van der Waals surface area contributed by atoms with Crippen molar-refractivity contribution in [1.82, 2.24) is 4.90 Å². The van der Waals surface area contributed by atoms with Crippen LogP contribution >= 0.6 is 11.8 Å². The molecule has 0 bridgehead atoms. The van der Waals surface area contributed by atoms with Crippen LogP contribution in [0.5, 0.6) is 0 Å². The zero-order valence-electron chi connectivity index (χ0n) is 27.0. The first kappa shape index (κ1) is 28.3. The summed E-state index contributed by atoms with van der Waals surface area (Å²) in [7, 11) is 2.32. The van der Waals surface area contributed by atoms with Gasteiger partial charge in [0.1, 0.15) is 0 Å². The quantitative estimate of drug-likeness (QED) is 0.332. The molecule has 2 aromatic carbocycles. The van der Waals surface area contributed by atoms with E-state index >= 15 is 0 Å². The summed E-state index contributed by atoms with van der Waals surface area (Å²) in [6.45, 7) is 3.75. The van der Waals surface area contributed by atoms with Gasteiger partial charge in [-0.05, 0) is 126 Å². The lowest BCUT2D eigenvalue weighted by Gasteiger charge is -2.54. The van der Waals surface area contributed by atoms with Crippen molar-refractivity contribution in [2.75, 3.05) is 23.4 Å². The third-order valence-electron chi connectivity index (χ3n) is 12.7. The molecule has 4 aliphatic carbocycles. The van der Waals surface area contributed by atoms with Gasteiger partial charge in [-0.25, -0.2) is 0 Å². The highest BCUT2D eigenvalue weighted by molar-refractivity contribution is 8.04. The molecule has 0 N–H and O–H groups in total. The number of thioether (sulfide) groups is 1. The van der Waals surface area contributed by atoms with E-state index in [0.29, 0.717) is 23.4 Å². The average molecular weight is 614 g/mol. The van der Waals surface area contributed by atoms with Crippen molar-refractivity contribution in [1.29, 1.82) is 0 Å². The number of anilines is 3. The number of fused-ring (bicyclic) bond motifs is 6. The smallest absolute Gasteiger partial charge is 0.0515 e. The van der Waals surface area contributed by atoms with Crippen LogP contribution in [-0.2, 0) is 0 Å². The van der Waals surface area contributed by atoms with Crippen LogP contribution in [0.3, 0.4) is 0 Å². The van der Waals surface area contributed by atoms with Crippen molar-refractivity contribution < 1.29 is 0 Å². The Morgan fingerprint density at radius 1 is 0.933 bits per heavy atom. The predicted octanol–water partition coefficient (Wildman–Crippen LogP) is 10.2. The number of nitrogens with zero attached hydrogens (tertiary/aromatic N) is 3. The summed E-state index contributed by atoms with van der Waals surface area (Å²) in [6.07, 6.45) is 27.2. The van der Waals surface area contributed by atoms with Crippen molar-refractivity contribution in [3.63, 3.8) is 0 Å². The van der Waals surface area contributed by atoms with Crippen LogP contribution in [0.25, 0.3) is 0 Å². The first-order valence-corrected chi connectivity index (χ1v) is 18.6. The molecular weight excluding hydrogens is 567 g/mol. The van der Waals surface area contributed by atoms with Gasteiger partial charge in [-0.2, -0.15) is 0 Å². The second-order valence-corrected chi connectivity index (χ2v) is 16.1. The standard InChI is InChI=1S/C41H47N3S/c1-41(25-26-42(41)2)28-19-21-30(22-20-28)44-35-15-8-6-14-33(35)40-36(16-10-17-37(40)44)43(29-11-4-3-5-12-29)31-23-24-39-34(27-31)32-13-7-9-18-38(32)45-39/h3-6,8,10-13,15-18,21,28,31,33-34,39H,7,9,14,19-20,22-27H2,1-2H3. The van der Waals surface area contributed by atoms with E-state index in [9.17, 15) is 0 Å². The molecule has 45 heavy (non-hydrogen) atoms. The van der Waals surface area contributed by atoms with Gasteiger partial charge in [0.25, 0.3) is 0 Å². The largest absolute Gasteiger partial charge is 0.338 e. The summed E-state index contributed by atoms with van der Waals surface area (Å²) in [5, 5.41) is 0.758. The SMILES string of the molecule is CN1CCC1(C)C1CC=C(N2C3=CC=CCC3c3c2cccc3N(c2ccccc2)C2CCC3SC4=CCCC=C4C3C2)CC1. The summed E-state index contributed by atoms with van der Waals surface area (Å²) in [5.41, 5.74) is 10.8. The maximum atomic E-state index is 2.78. The van der Waals surface area contributed by atoms with Gasteiger partial charge in [0.05, 0.1) is 5.69 Å². The number of likely N-dealkylation sites (tertiary alicyclic amines) is 1. The van der Waals surface area contributed by atoms with Gasteiger partial charge in [-0.1, -0.05) is 54.6 Å². The zero-order valence-corrected chi connectivity index (χ0v) is 27.8. The van der Waals surface area contributed by atoms with Gasteiger partial charge in [0.2, 0.25) is 0 Å². The molecule has 4 heteroatoms. The fourth-order valence-electron chi connectivity index (χ4n) is 9.91. The fourth-order valence-corrected chi connectivity index (χ4v) is 11.5. The van der Waals surface area contributed by atoms with Crippen molar-refractivity contribution in [3.05, 3.63) is 112 Å². The first-order valence-electron chi connectivity index (χ1n) is 17.7. The Hall–Kier alpha value is -2.95. The maximum Gasteiger partial charge on any atom is 0.0515 e. The molecule has 3 aliphatic heterocycles. The number of allylic oxidation sites excluding steroid dienone is 9. The Morgan fingerprint density at radius 3 is 2.62 bits per heavy atom. The Labute approximate surface area is 274 Å². The highest BCUT2D eigenvalue weighted by Crippen LogP contribution is 2.58. The average Bonchev–Trinajstić information content (AvgIpc) is 3.64. The van der Waals surface area contributed by atoms with E-state index in [4.69, 9.17) is 0 Å². The summed E-state index contributed by atoms with van der Waals surface area (Å²) in [5.74, 6) is 1.86. The van der Waals surface area contributed by atoms with E-state index < -0.39 is 0 Å². The fraction of sp³-hybridized carbons (Fsp3) is 0.463. The minimum Gasteiger partial charge on any atom is -0.338 e. The molecule has 232 valence electrons. The number of rotatable bonds is 5. The van der Waals surface area contributed by atoms with E-state index in [1.165, 1.54) is 92.8 Å². The van der Waals surface area contributed by atoms with Crippen LogP contribution in [0.1, 0.15) is 82.6 Å². The molecular formula is C41H47N3S. The predicted molar refractivity (Wildman–Crippen MR) is 191 cm³/mol. The Kier molecular flexibility index (Phi) is 6.97. The number of hydrogen-bond acceptors (Lipinski definition) is 4. The second-order valence-electron chi connectivity index (χ2n) is 14.8. The van der Waals surface area contributed by atoms with Crippen molar-refractivity contribution in [2.45, 2.75) is 93.9 Å². The molecule has 1 saturated carbocycles. The molecule has 0 amide bonds. The molecule has 2 aromatic rings. The summed E-state index contributed by atoms with van der Waals surface area (Å²) in [4.78, 5) is 9.66. The van der Waals surface area contributed by atoms with E-state index in [0.717, 1.165) is 17.6 Å². The van der Waals surface area contributed by atoms with Crippen LogP contribution in [0.2, 0.25) is 0 Å². The monoisotopic (exact) mass is 613 g/mol. The van der Waals surface area contributed by atoms with Gasteiger partial charge in [-0.15, -0.1) is 11.8 Å². The van der Waals surface area contributed by atoms with Gasteiger partial charge in [0, 0.05) is 62.5 Å². The van der Waals surface area contributed by atoms with E-state index in [1.807, 2.05) is 0 Å². The van der Waals surface area contributed by atoms with Crippen LogP contribution in [0, 0.1) is 11.8 Å². The van der Waals surface area contributed by atoms with Crippen LogP contribution < -0.4 is 9.80 Å². The van der Waals surface area contributed by atoms with Crippen LogP contribution in [0.15, 0.2) is 107 Å². The third-order valence-corrected chi connectivity index (χ3v) is 14.2. The molecule has 2 saturated heterocycles. The van der Waals surface area contributed by atoms with Crippen molar-refractivity contribution in [2.24, 2.45) is 11.8 Å². The molecule has 7 aliphatic rings. The molecule has 9 rings (SSSR count). The Morgan fingerprint density at radius 2 is 1.82 bits per heavy atom. The topological polar surface area (TPSA) is 9.72 Å². The molecule has 0 aromatic heterocycles. The molecule has 6 atom stereocenters. The normalized spacial score (nSPS) is 33.6. The Balaban J connectivity index is 1.10. The molecule has 3 nitrogen and oxygen atoms in total. The Bertz CT molecular complexity index is 1650. The number of benzene rings is 2. The zero-order chi connectivity index (χ0) is 30.1. The first-order chi connectivity index (χ1) is 22.1. The summed E-state index contributed by atoms with van der Waals surface area (Å²) >= 11 is 2.19. The van der Waals surface area contributed by atoms with E-state index in [1.54, 1.807) is 16.0 Å². The third kappa shape index (κ3) is 4.49. The van der Waals surface area contributed by atoms with Crippen molar-refractivity contribution >= 4 is 28.8 Å². The van der Waals surface area contributed by atoms with Gasteiger partial charge >= 0.3 is 0 Å². The molecule has 0 spiro atoms. The maximum absolute atomic E-state index is 2.78. The van der Waals surface area contributed by atoms with Gasteiger partial charge in [-0.3, -0.25) is 0 Å². The lowest BCUT2D eigenvalue weighted by atomic mass is 9.70. The van der Waals surface area contributed by atoms with Crippen molar-refractivity contribution in [3.8, 4) is 0 Å². The van der Waals surface area contributed by atoms with Crippen LogP contribution in [-0.4, -0.2) is 35.3 Å². The van der Waals surface area contributed by atoms with E-state index in [-0.39, 0.29) is 0 Å². The minimum atomic E-state index is 0.380. The summed E-state index contributed by atoms with van der Waals surface area (Å²) < 4.78 is 0. The molecule has 3 heterocycles. The van der Waals surface area contributed by atoms with Crippen LogP contribution in [0.4, 0.5) is 17.1 Å². The highest BCUT2D eigenvalue weighted by Gasteiger charge is 2.47. The van der Waals surface area contributed by atoms with Gasteiger partial charge in [0.15, 0.2) is 0 Å².